The molecule has 88 valence electrons. The second-order valence-corrected chi connectivity index (χ2v) is 3.70. The lowest BCUT2D eigenvalue weighted by atomic mass is 10.0. The van der Waals surface area contributed by atoms with Crippen LogP contribution in [0.25, 0.3) is 0 Å². The summed E-state index contributed by atoms with van der Waals surface area (Å²) in [4.78, 5) is 10.6. The van der Waals surface area contributed by atoms with E-state index in [4.69, 9.17) is 16.7 Å². The van der Waals surface area contributed by atoms with Crippen molar-refractivity contribution in [2.24, 2.45) is 0 Å². The van der Waals surface area contributed by atoms with Crippen molar-refractivity contribution >= 4 is 23.4 Å². The van der Waals surface area contributed by atoms with Gasteiger partial charge in [0, 0.05) is 5.56 Å². The first-order chi connectivity index (χ1) is 7.51. The van der Waals surface area contributed by atoms with Crippen LogP contribution in [0.1, 0.15) is 25.0 Å². The molecular weight excluding hydrogens is 233 g/mol. The maximum Gasteiger partial charge on any atom is 0.409 e. The maximum absolute atomic E-state index is 13.8. The molecule has 3 nitrogen and oxygen atoms in total. The molecule has 0 saturated carbocycles. The third-order valence-corrected chi connectivity index (χ3v) is 2.77. The predicted octanol–water partition coefficient (Wildman–Crippen LogP) is 3.69. The normalized spacial score (nSPS) is 10.2. The number of amides is 1. The van der Waals surface area contributed by atoms with E-state index in [1.807, 2.05) is 6.92 Å². The molecule has 16 heavy (non-hydrogen) atoms. The first-order valence-electron chi connectivity index (χ1n) is 5.00. The van der Waals surface area contributed by atoms with Crippen molar-refractivity contribution in [3.63, 3.8) is 0 Å². The number of carboxylic acid groups (broad SMARTS) is 1. The first-order valence-corrected chi connectivity index (χ1v) is 5.38. The summed E-state index contributed by atoms with van der Waals surface area (Å²) in [5.74, 6) is -0.535. The Hall–Kier alpha value is -1.29. The molecule has 0 saturated heterocycles. The van der Waals surface area contributed by atoms with Gasteiger partial charge in [-0.1, -0.05) is 25.4 Å². The van der Waals surface area contributed by atoms with Gasteiger partial charge in [-0.2, -0.15) is 0 Å². The molecule has 0 aromatic heterocycles. The highest BCUT2D eigenvalue weighted by atomic mass is 35.5. The maximum atomic E-state index is 13.8. The number of hydrogen-bond acceptors (Lipinski definition) is 1. The lowest BCUT2D eigenvalue weighted by Crippen LogP contribution is -2.11. The van der Waals surface area contributed by atoms with Crippen LogP contribution in [0.2, 0.25) is 5.02 Å². The van der Waals surface area contributed by atoms with Gasteiger partial charge in [-0.25, -0.2) is 9.18 Å². The van der Waals surface area contributed by atoms with E-state index in [-0.39, 0.29) is 10.7 Å². The minimum atomic E-state index is -1.21. The Bertz CT molecular complexity index is 421. The minimum absolute atomic E-state index is 0.0790. The number of nitrogens with one attached hydrogen (secondary N) is 1. The van der Waals surface area contributed by atoms with E-state index in [2.05, 4.69) is 5.32 Å². The van der Waals surface area contributed by atoms with Gasteiger partial charge in [-0.05, 0) is 24.5 Å². The summed E-state index contributed by atoms with van der Waals surface area (Å²) in [5.41, 5.74) is 1.17. The van der Waals surface area contributed by atoms with Crippen molar-refractivity contribution < 1.29 is 14.3 Å². The molecule has 0 radical (unpaired) electrons. The quantitative estimate of drug-likeness (QED) is 0.853. The van der Waals surface area contributed by atoms with Crippen molar-refractivity contribution in [1.29, 1.82) is 0 Å². The molecule has 0 aliphatic carbocycles. The van der Waals surface area contributed by atoms with Gasteiger partial charge >= 0.3 is 6.09 Å². The lowest BCUT2D eigenvalue weighted by molar-refractivity contribution is 0.209. The van der Waals surface area contributed by atoms with Crippen molar-refractivity contribution in [3.8, 4) is 0 Å². The van der Waals surface area contributed by atoms with E-state index < -0.39 is 11.9 Å². The highest BCUT2D eigenvalue weighted by Gasteiger charge is 2.16. The van der Waals surface area contributed by atoms with E-state index in [0.29, 0.717) is 24.0 Å². The van der Waals surface area contributed by atoms with Crippen LogP contribution in [-0.4, -0.2) is 11.2 Å². The molecule has 0 unspecified atom stereocenters. The Balaban J connectivity index is 3.34. The van der Waals surface area contributed by atoms with Crippen LogP contribution in [0, 0.1) is 5.82 Å². The molecule has 2 N–H and O–H groups in total. The highest BCUT2D eigenvalue weighted by molar-refractivity contribution is 6.31. The van der Waals surface area contributed by atoms with Gasteiger partial charge in [-0.3, -0.25) is 5.32 Å². The Morgan fingerprint density at radius 1 is 1.50 bits per heavy atom. The fourth-order valence-electron chi connectivity index (χ4n) is 1.55. The van der Waals surface area contributed by atoms with Crippen LogP contribution in [0.3, 0.4) is 0 Å². The average Bonchev–Trinajstić information content (AvgIpc) is 2.23. The molecule has 0 spiro atoms. The van der Waals surface area contributed by atoms with Crippen LogP contribution in [0.5, 0.6) is 0 Å². The average molecular weight is 246 g/mol. The fraction of sp³-hybridized carbons (Fsp3) is 0.364. The third-order valence-electron chi connectivity index (χ3n) is 2.36. The van der Waals surface area contributed by atoms with E-state index >= 15 is 0 Å². The molecule has 1 amide bonds. The molecule has 0 aliphatic rings. The van der Waals surface area contributed by atoms with Crippen LogP contribution in [-0.2, 0) is 12.8 Å². The zero-order chi connectivity index (χ0) is 12.3. The van der Waals surface area contributed by atoms with Gasteiger partial charge in [0.2, 0.25) is 0 Å². The summed E-state index contributed by atoms with van der Waals surface area (Å²) in [5, 5.41) is 10.9. The van der Waals surface area contributed by atoms with E-state index in [1.165, 1.54) is 0 Å². The van der Waals surface area contributed by atoms with Gasteiger partial charge in [0.1, 0.15) is 5.82 Å². The third kappa shape index (κ3) is 2.44. The van der Waals surface area contributed by atoms with Crippen molar-refractivity contribution in [3.05, 3.63) is 28.0 Å². The Morgan fingerprint density at radius 2 is 2.12 bits per heavy atom. The molecule has 0 fully saturated rings. The van der Waals surface area contributed by atoms with Crippen LogP contribution in [0.4, 0.5) is 14.9 Å². The summed E-state index contributed by atoms with van der Waals surface area (Å²) in [7, 11) is 0. The van der Waals surface area contributed by atoms with Crippen molar-refractivity contribution in [2.75, 3.05) is 5.32 Å². The molecule has 0 heterocycles. The molecule has 0 atom stereocenters. The van der Waals surface area contributed by atoms with Crippen LogP contribution in [0.15, 0.2) is 6.07 Å². The molecule has 1 rings (SSSR count). The molecule has 0 aliphatic heterocycles. The van der Waals surface area contributed by atoms with Gasteiger partial charge < -0.3 is 5.11 Å². The summed E-state index contributed by atoms with van der Waals surface area (Å²) < 4.78 is 13.8. The summed E-state index contributed by atoms with van der Waals surface area (Å²) in [6.07, 6.45) is -0.280. The lowest BCUT2D eigenvalue weighted by Gasteiger charge is -2.13. The number of carbonyl (C=O) groups is 1. The number of anilines is 1. The van der Waals surface area contributed by atoms with Gasteiger partial charge in [0.25, 0.3) is 0 Å². The molecule has 1 aromatic rings. The molecular formula is C11H13ClFNO2. The predicted molar refractivity (Wildman–Crippen MR) is 61.8 cm³/mol. The van der Waals surface area contributed by atoms with E-state index in [0.717, 1.165) is 0 Å². The fourth-order valence-corrected chi connectivity index (χ4v) is 1.85. The second kappa shape index (κ2) is 5.16. The van der Waals surface area contributed by atoms with Gasteiger partial charge in [0.05, 0.1) is 10.7 Å². The van der Waals surface area contributed by atoms with Crippen molar-refractivity contribution in [2.45, 2.75) is 26.7 Å². The summed E-state index contributed by atoms with van der Waals surface area (Å²) in [6.45, 7) is 3.57. The minimum Gasteiger partial charge on any atom is -0.465 e. The molecule has 5 heteroatoms. The van der Waals surface area contributed by atoms with Gasteiger partial charge in [-0.15, -0.1) is 0 Å². The Morgan fingerprint density at radius 3 is 2.56 bits per heavy atom. The topological polar surface area (TPSA) is 49.3 Å². The van der Waals surface area contributed by atoms with E-state index in [1.54, 1.807) is 13.0 Å². The first kappa shape index (κ1) is 12.8. The zero-order valence-electron chi connectivity index (χ0n) is 9.10. The molecule has 0 bridgehead atoms. The summed E-state index contributed by atoms with van der Waals surface area (Å²) >= 11 is 5.84. The zero-order valence-corrected chi connectivity index (χ0v) is 9.86. The van der Waals surface area contributed by atoms with Crippen LogP contribution < -0.4 is 5.32 Å². The number of aryl methyl sites for hydroxylation is 1. The Labute approximate surface area is 98.2 Å². The monoisotopic (exact) mass is 245 g/mol. The highest BCUT2D eigenvalue weighted by Crippen LogP contribution is 2.30. The molecule has 1 aromatic carbocycles. The number of halogens is 2. The SMILES string of the molecule is CCc1cc(NC(=O)O)c(CC)c(F)c1Cl. The largest absolute Gasteiger partial charge is 0.465 e. The van der Waals surface area contributed by atoms with Gasteiger partial charge in [0.15, 0.2) is 0 Å². The summed E-state index contributed by atoms with van der Waals surface area (Å²) in [6, 6.07) is 1.58. The number of benzene rings is 1. The Kier molecular flexibility index (Phi) is 4.12. The smallest absolute Gasteiger partial charge is 0.409 e. The van der Waals surface area contributed by atoms with Crippen LogP contribution >= 0.6 is 11.6 Å². The van der Waals surface area contributed by atoms with Crippen molar-refractivity contribution in [1.82, 2.24) is 0 Å². The number of rotatable bonds is 3. The standard InChI is InChI=1S/C11H13ClFNO2/c1-3-6-5-8(14-11(15)16)7(4-2)10(13)9(6)12/h5,14H,3-4H2,1-2H3,(H,15,16). The number of hydrogen-bond donors (Lipinski definition) is 2. The van der Waals surface area contributed by atoms with E-state index in [9.17, 15) is 9.18 Å². The second-order valence-electron chi connectivity index (χ2n) is 3.33.